The molecule has 3 rings (SSSR count). The molecule has 6 heteroatoms. The van der Waals surface area contributed by atoms with Crippen molar-refractivity contribution in [3.8, 4) is 5.75 Å². The number of amides is 1. The van der Waals surface area contributed by atoms with Crippen LogP contribution in [0.15, 0.2) is 53.6 Å². The van der Waals surface area contributed by atoms with Crippen LogP contribution in [0.3, 0.4) is 0 Å². The number of hydrazone groups is 1. The highest BCUT2D eigenvalue weighted by atomic mass is 35.5. The van der Waals surface area contributed by atoms with Crippen molar-refractivity contribution in [2.75, 3.05) is 7.11 Å². The van der Waals surface area contributed by atoms with E-state index in [1.165, 1.54) is 6.21 Å². The van der Waals surface area contributed by atoms with Crippen molar-refractivity contribution < 1.29 is 9.53 Å². The van der Waals surface area contributed by atoms with Gasteiger partial charge in [-0.3, -0.25) is 4.79 Å². The first kappa shape index (κ1) is 15.1. The summed E-state index contributed by atoms with van der Waals surface area (Å²) in [6, 6.07) is 14.5. The molecule has 0 aliphatic carbocycles. The van der Waals surface area contributed by atoms with Crippen LogP contribution in [0.4, 0.5) is 0 Å². The lowest BCUT2D eigenvalue weighted by Crippen LogP contribution is -2.17. The van der Waals surface area contributed by atoms with E-state index in [2.05, 4.69) is 15.5 Å². The molecule has 0 spiro atoms. The van der Waals surface area contributed by atoms with Gasteiger partial charge in [0.25, 0.3) is 5.91 Å². The van der Waals surface area contributed by atoms with Crippen LogP contribution >= 0.6 is 11.6 Å². The minimum absolute atomic E-state index is 0.330. The molecule has 116 valence electrons. The topological polar surface area (TPSA) is 66.5 Å². The molecule has 0 fully saturated rings. The monoisotopic (exact) mass is 327 g/mol. The van der Waals surface area contributed by atoms with Crippen molar-refractivity contribution in [1.29, 1.82) is 0 Å². The molecular formula is C17H14ClN3O2. The third kappa shape index (κ3) is 3.35. The Morgan fingerprint density at radius 1 is 1.26 bits per heavy atom. The van der Waals surface area contributed by atoms with Crippen LogP contribution in [-0.2, 0) is 0 Å². The minimum Gasteiger partial charge on any atom is -0.497 e. The Kier molecular flexibility index (Phi) is 4.30. The minimum atomic E-state index is -0.330. The van der Waals surface area contributed by atoms with Crippen molar-refractivity contribution in [3.63, 3.8) is 0 Å². The zero-order valence-corrected chi connectivity index (χ0v) is 13.1. The molecule has 1 amide bonds. The molecule has 3 aromatic rings. The number of nitrogens with one attached hydrogen (secondary N) is 2. The van der Waals surface area contributed by atoms with Crippen molar-refractivity contribution in [1.82, 2.24) is 10.4 Å². The Morgan fingerprint density at radius 2 is 2.09 bits per heavy atom. The van der Waals surface area contributed by atoms with Gasteiger partial charge in [0.2, 0.25) is 0 Å². The lowest BCUT2D eigenvalue weighted by Gasteiger charge is -1.98. The van der Waals surface area contributed by atoms with Crippen LogP contribution in [-0.4, -0.2) is 24.2 Å². The first-order valence-corrected chi connectivity index (χ1v) is 7.30. The number of hydrogen-bond donors (Lipinski definition) is 2. The number of aromatic amines is 1. The number of rotatable bonds is 4. The Balaban J connectivity index is 1.74. The van der Waals surface area contributed by atoms with E-state index in [1.807, 2.05) is 36.4 Å². The Bertz CT molecular complexity index is 886. The fraction of sp³-hybridized carbons (Fsp3) is 0.0588. The predicted octanol–water partition coefficient (Wildman–Crippen LogP) is 3.59. The molecule has 23 heavy (non-hydrogen) atoms. The number of H-pyrrole nitrogens is 1. The summed E-state index contributed by atoms with van der Waals surface area (Å²) in [6.45, 7) is 0. The molecule has 0 unspecified atom stereocenters. The molecule has 1 heterocycles. The zero-order chi connectivity index (χ0) is 16.2. The number of methoxy groups -OCH3 is 1. The number of ether oxygens (including phenoxy) is 1. The van der Waals surface area contributed by atoms with Gasteiger partial charge in [0, 0.05) is 21.5 Å². The largest absolute Gasteiger partial charge is 0.497 e. The normalized spacial score (nSPS) is 11.0. The number of carbonyl (C=O) groups is 1. The molecular weight excluding hydrogens is 314 g/mol. The van der Waals surface area contributed by atoms with Crippen molar-refractivity contribution in [2.45, 2.75) is 0 Å². The third-order valence-corrected chi connectivity index (χ3v) is 3.69. The maximum Gasteiger partial charge on any atom is 0.287 e. The highest BCUT2D eigenvalue weighted by Crippen LogP contribution is 2.21. The van der Waals surface area contributed by atoms with Gasteiger partial charge in [0.15, 0.2) is 0 Å². The van der Waals surface area contributed by atoms with E-state index < -0.39 is 0 Å². The molecule has 0 atom stereocenters. The molecule has 0 aliphatic rings. The molecule has 0 aliphatic heterocycles. The van der Waals surface area contributed by atoms with E-state index >= 15 is 0 Å². The van der Waals surface area contributed by atoms with Gasteiger partial charge in [-0.05, 0) is 30.3 Å². The summed E-state index contributed by atoms with van der Waals surface area (Å²) < 4.78 is 5.17. The first-order chi connectivity index (χ1) is 11.2. The van der Waals surface area contributed by atoms with Crippen LogP contribution in [0.25, 0.3) is 10.9 Å². The molecule has 0 bridgehead atoms. The highest BCUT2D eigenvalue weighted by molar-refractivity contribution is 6.33. The Labute approximate surface area is 137 Å². The quantitative estimate of drug-likeness (QED) is 0.568. The predicted molar refractivity (Wildman–Crippen MR) is 91.4 cm³/mol. The van der Waals surface area contributed by atoms with E-state index in [1.54, 1.807) is 19.2 Å². The van der Waals surface area contributed by atoms with Crippen molar-refractivity contribution in [3.05, 3.63) is 64.8 Å². The van der Waals surface area contributed by atoms with Crippen LogP contribution < -0.4 is 10.2 Å². The third-order valence-electron chi connectivity index (χ3n) is 3.35. The second kappa shape index (κ2) is 6.54. The van der Waals surface area contributed by atoms with Crippen molar-refractivity contribution in [2.24, 2.45) is 5.10 Å². The summed E-state index contributed by atoms with van der Waals surface area (Å²) >= 11 is 6.02. The van der Waals surface area contributed by atoms with Gasteiger partial charge in [-0.15, -0.1) is 0 Å². The van der Waals surface area contributed by atoms with E-state index in [-0.39, 0.29) is 5.91 Å². The van der Waals surface area contributed by atoms with Gasteiger partial charge in [0.1, 0.15) is 11.4 Å². The smallest absolute Gasteiger partial charge is 0.287 e. The summed E-state index contributed by atoms with van der Waals surface area (Å²) in [4.78, 5) is 15.2. The number of nitrogens with zero attached hydrogens (tertiary/aromatic N) is 1. The van der Waals surface area contributed by atoms with Crippen molar-refractivity contribution >= 4 is 34.6 Å². The number of aromatic nitrogens is 1. The van der Waals surface area contributed by atoms with Gasteiger partial charge in [-0.2, -0.15) is 5.10 Å². The highest BCUT2D eigenvalue weighted by Gasteiger charge is 2.09. The van der Waals surface area contributed by atoms with Crippen LogP contribution in [0, 0.1) is 0 Å². The van der Waals surface area contributed by atoms with E-state index in [9.17, 15) is 4.79 Å². The molecule has 2 aromatic carbocycles. The second-order valence-electron chi connectivity index (χ2n) is 4.86. The molecule has 0 saturated carbocycles. The fourth-order valence-corrected chi connectivity index (χ4v) is 2.35. The average molecular weight is 328 g/mol. The molecule has 1 aromatic heterocycles. The molecule has 2 N–H and O–H groups in total. The second-order valence-corrected chi connectivity index (χ2v) is 5.26. The molecule has 0 radical (unpaired) electrons. The maximum absolute atomic E-state index is 12.1. The van der Waals surface area contributed by atoms with Gasteiger partial charge >= 0.3 is 0 Å². The van der Waals surface area contributed by atoms with Gasteiger partial charge in [-0.1, -0.05) is 29.8 Å². The summed E-state index contributed by atoms with van der Waals surface area (Å²) in [5, 5.41) is 5.39. The lowest BCUT2D eigenvalue weighted by atomic mass is 10.2. The number of hydrogen-bond acceptors (Lipinski definition) is 3. The summed E-state index contributed by atoms with van der Waals surface area (Å²) in [7, 11) is 1.60. The van der Waals surface area contributed by atoms with E-state index in [0.717, 1.165) is 22.2 Å². The van der Waals surface area contributed by atoms with Gasteiger partial charge in [0.05, 0.1) is 13.3 Å². The van der Waals surface area contributed by atoms with Gasteiger partial charge in [-0.25, -0.2) is 5.43 Å². The Hall–Kier alpha value is -2.79. The number of halogens is 1. The summed E-state index contributed by atoms with van der Waals surface area (Å²) in [5.74, 6) is 0.406. The van der Waals surface area contributed by atoms with Crippen LogP contribution in [0.5, 0.6) is 5.75 Å². The average Bonchev–Trinajstić information content (AvgIpc) is 2.99. The van der Waals surface area contributed by atoms with Gasteiger partial charge < -0.3 is 9.72 Å². The first-order valence-electron chi connectivity index (χ1n) is 6.92. The zero-order valence-electron chi connectivity index (χ0n) is 12.3. The summed E-state index contributed by atoms with van der Waals surface area (Å²) in [5.41, 5.74) is 4.48. The summed E-state index contributed by atoms with van der Waals surface area (Å²) in [6.07, 6.45) is 1.51. The number of fused-ring (bicyclic) bond motifs is 1. The fourth-order valence-electron chi connectivity index (χ4n) is 2.16. The standard InChI is InChI=1S/C17H14ClN3O2/c1-23-13-6-7-15-12(8-13)9-16(20-15)17(22)21-19-10-11-4-2-3-5-14(11)18/h2-10,20H,1H3,(H,21,22). The number of benzene rings is 2. The molecule has 5 nitrogen and oxygen atoms in total. The van der Waals surface area contributed by atoms with Crippen LogP contribution in [0.2, 0.25) is 5.02 Å². The Morgan fingerprint density at radius 3 is 2.87 bits per heavy atom. The lowest BCUT2D eigenvalue weighted by molar-refractivity contribution is 0.0951. The van der Waals surface area contributed by atoms with Crippen LogP contribution in [0.1, 0.15) is 16.1 Å². The maximum atomic E-state index is 12.1. The number of carbonyl (C=O) groups excluding carboxylic acids is 1. The van der Waals surface area contributed by atoms with E-state index in [4.69, 9.17) is 16.3 Å². The molecule has 0 saturated heterocycles. The SMILES string of the molecule is COc1ccc2[nH]c(C(=O)NN=Cc3ccccc3Cl)cc2c1. The van der Waals surface area contributed by atoms with E-state index in [0.29, 0.717) is 10.7 Å².